The zero-order valence-electron chi connectivity index (χ0n) is 9.71. The smallest absolute Gasteiger partial charge is 0.167 e. The molecule has 1 atom stereocenters. The van der Waals surface area contributed by atoms with E-state index in [0.29, 0.717) is 17.9 Å². The van der Waals surface area contributed by atoms with Gasteiger partial charge in [0.15, 0.2) is 11.2 Å². The van der Waals surface area contributed by atoms with Gasteiger partial charge in [-0.2, -0.15) is 0 Å². The topological polar surface area (TPSA) is 44.8 Å². The number of rotatable bonds is 4. The zero-order valence-corrected chi connectivity index (χ0v) is 10.5. The number of aldehydes is 1. The third-order valence-corrected chi connectivity index (χ3v) is 2.99. The van der Waals surface area contributed by atoms with Crippen molar-refractivity contribution in [2.45, 2.75) is 25.1 Å². The summed E-state index contributed by atoms with van der Waals surface area (Å²) in [6.45, 7) is 4.24. The molecule has 1 fully saturated rings. The number of ether oxygens (including phenoxy) is 2. The van der Waals surface area contributed by atoms with Gasteiger partial charge < -0.3 is 13.7 Å². The molecule has 5 heteroatoms. The minimum absolute atomic E-state index is 0.129. The summed E-state index contributed by atoms with van der Waals surface area (Å²) in [6.07, 6.45) is 0.799. The average molecular weight is 254 g/mol. The van der Waals surface area contributed by atoms with Crippen LogP contribution in [0.15, 0.2) is 24.3 Å². The Morgan fingerprint density at radius 3 is 2.65 bits per heavy atom. The maximum Gasteiger partial charge on any atom is 0.167 e. The van der Waals surface area contributed by atoms with Crippen molar-refractivity contribution >= 4 is 18.3 Å². The molecule has 17 heavy (non-hydrogen) atoms. The highest BCUT2D eigenvalue weighted by Gasteiger charge is 2.34. The Labute approximate surface area is 104 Å². The number of benzene rings is 1. The van der Waals surface area contributed by atoms with Gasteiger partial charge in [0.2, 0.25) is 0 Å². The third-order valence-electron chi connectivity index (χ3n) is 2.25. The highest BCUT2D eigenvalue weighted by atomic mass is 32.2. The molecular formula is C12H14O4S. The Morgan fingerprint density at radius 1 is 1.41 bits per heavy atom. The number of hydrogen-bond acceptors (Lipinski definition) is 5. The predicted octanol–water partition coefficient (Wildman–Crippen LogP) is 2.64. The van der Waals surface area contributed by atoms with Crippen LogP contribution < -0.4 is 4.18 Å². The minimum Gasteiger partial charge on any atom is -0.423 e. The average Bonchev–Trinajstić information content (AvgIpc) is 2.67. The first-order chi connectivity index (χ1) is 8.09. The maximum absolute atomic E-state index is 10.5. The maximum atomic E-state index is 10.5. The number of hydrogen-bond donors (Lipinski definition) is 0. The van der Waals surface area contributed by atoms with Gasteiger partial charge in [-0.15, -0.1) is 0 Å². The normalized spacial score (nSPS) is 22.4. The molecule has 0 saturated carbocycles. The van der Waals surface area contributed by atoms with E-state index in [1.54, 1.807) is 24.3 Å². The summed E-state index contributed by atoms with van der Waals surface area (Å²) in [6, 6.07) is 6.91. The van der Waals surface area contributed by atoms with E-state index >= 15 is 0 Å². The molecule has 1 heterocycles. The molecule has 0 aromatic heterocycles. The van der Waals surface area contributed by atoms with Crippen LogP contribution in [-0.4, -0.2) is 24.1 Å². The lowest BCUT2D eigenvalue weighted by Gasteiger charge is -2.16. The molecule has 0 radical (unpaired) electrons. The molecule has 4 nitrogen and oxygen atoms in total. The predicted molar refractivity (Wildman–Crippen MR) is 65.0 cm³/mol. The van der Waals surface area contributed by atoms with Gasteiger partial charge >= 0.3 is 0 Å². The second kappa shape index (κ2) is 5.08. The summed E-state index contributed by atoms with van der Waals surface area (Å²) in [7, 11) is 0. The van der Waals surface area contributed by atoms with Crippen molar-refractivity contribution in [3.8, 4) is 5.75 Å². The Balaban J connectivity index is 1.84. The standard InChI is InChI=1S/C12H14O4S/c1-12(2)14-8-11(15-12)17-16-10-5-3-9(7-13)4-6-10/h3-7,11H,8H2,1-2H3. The molecule has 0 bridgehead atoms. The molecule has 1 aliphatic rings. The summed E-state index contributed by atoms with van der Waals surface area (Å²) < 4.78 is 16.5. The van der Waals surface area contributed by atoms with E-state index in [2.05, 4.69) is 0 Å². The Hall–Kier alpha value is -1.04. The number of carbonyl (C=O) groups excluding carboxylic acids is 1. The Bertz CT molecular complexity index is 388. The zero-order chi connectivity index (χ0) is 12.3. The van der Waals surface area contributed by atoms with Crippen molar-refractivity contribution in [1.29, 1.82) is 0 Å². The van der Waals surface area contributed by atoms with Crippen molar-refractivity contribution in [2.75, 3.05) is 6.61 Å². The summed E-state index contributed by atoms with van der Waals surface area (Å²) in [5, 5.41) is 0. The van der Waals surface area contributed by atoms with Gasteiger partial charge in [0.25, 0.3) is 0 Å². The summed E-state index contributed by atoms with van der Waals surface area (Å²) in [5.41, 5.74) is 0.500. The van der Waals surface area contributed by atoms with E-state index in [1.165, 1.54) is 12.0 Å². The molecule has 1 unspecified atom stereocenters. The highest BCUT2D eigenvalue weighted by Crippen LogP contribution is 2.30. The quantitative estimate of drug-likeness (QED) is 0.610. The van der Waals surface area contributed by atoms with Gasteiger partial charge in [-0.3, -0.25) is 4.79 Å². The second-order valence-electron chi connectivity index (χ2n) is 4.12. The van der Waals surface area contributed by atoms with Crippen molar-refractivity contribution in [1.82, 2.24) is 0 Å². The van der Waals surface area contributed by atoms with E-state index in [1.807, 2.05) is 13.8 Å². The fourth-order valence-electron chi connectivity index (χ4n) is 1.41. The van der Waals surface area contributed by atoms with Gasteiger partial charge in [0, 0.05) is 5.56 Å². The Kier molecular flexibility index (Phi) is 3.71. The van der Waals surface area contributed by atoms with Crippen LogP contribution in [0.5, 0.6) is 5.75 Å². The van der Waals surface area contributed by atoms with Gasteiger partial charge in [-0.1, -0.05) is 0 Å². The van der Waals surface area contributed by atoms with Crippen LogP contribution in [0.25, 0.3) is 0 Å². The SMILES string of the molecule is CC1(C)OCC(SOc2ccc(C=O)cc2)O1. The van der Waals surface area contributed by atoms with Gasteiger partial charge in [-0.25, -0.2) is 0 Å². The van der Waals surface area contributed by atoms with Gasteiger partial charge in [-0.05, 0) is 38.1 Å². The molecular weight excluding hydrogens is 240 g/mol. The molecule has 92 valence electrons. The van der Waals surface area contributed by atoms with Crippen LogP contribution in [0.1, 0.15) is 24.2 Å². The van der Waals surface area contributed by atoms with Crippen molar-refractivity contribution in [3.63, 3.8) is 0 Å². The monoisotopic (exact) mass is 254 g/mol. The van der Waals surface area contributed by atoms with E-state index < -0.39 is 5.79 Å². The van der Waals surface area contributed by atoms with Gasteiger partial charge in [0.1, 0.15) is 12.0 Å². The van der Waals surface area contributed by atoms with E-state index in [-0.39, 0.29) is 5.44 Å². The van der Waals surface area contributed by atoms with Crippen molar-refractivity contribution in [2.24, 2.45) is 0 Å². The fraction of sp³-hybridized carbons (Fsp3) is 0.417. The molecule has 1 aromatic carbocycles. The van der Waals surface area contributed by atoms with Crippen LogP contribution in [0.2, 0.25) is 0 Å². The van der Waals surface area contributed by atoms with E-state index in [4.69, 9.17) is 13.7 Å². The minimum atomic E-state index is -0.539. The van der Waals surface area contributed by atoms with Crippen LogP contribution in [0.3, 0.4) is 0 Å². The largest absolute Gasteiger partial charge is 0.423 e. The molecule has 0 aliphatic carbocycles. The van der Waals surface area contributed by atoms with Crippen molar-refractivity contribution < 1.29 is 18.5 Å². The Morgan fingerprint density at radius 2 is 2.12 bits per heavy atom. The first-order valence-electron chi connectivity index (χ1n) is 5.29. The first-order valence-corrected chi connectivity index (χ1v) is 6.10. The lowest BCUT2D eigenvalue weighted by molar-refractivity contribution is -0.129. The number of carbonyl (C=O) groups is 1. The lowest BCUT2D eigenvalue weighted by atomic mass is 10.2. The third kappa shape index (κ3) is 3.46. The molecule has 1 aliphatic heterocycles. The summed E-state index contributed by atoms with van der Waals surface area (Å²) >= 11 is 1.22. The van der Waals surface area contributed by atoms with Gasteiger partial charge in [0.05, 0.1) is 18.6 Å². The summed E-state index contributed by atoms with van der Waals surface area (Å²) in [5.74, 6) is 0.150. The first kappa shape index (κ1) is 12.4. The van der Waals surface area contributed by atoms with Crippen LogP contribution in [0, 0.1) is 0 Å². The summed E-state index contributed by atoms with van der Waals surface area (Å²) in [4.78, 5) is 10.5. The lowest BCUT2D eigenvalue weighted by Crippen LogP contribution is -2.20. The molecule has 0 spiro atoms. The molecule has 1 saturated heterocycles. The molecule has 1 aromatic rings. The molecule has 0 amide bonds. The highest BCUT2D eigenvalue weighted by molar-refractivity contribution is 7.95. The second-order valence-corrected chi connectivity index (χ2v) is 5.01. The molecule has 0 N–H and O–H groups in total. The van der Waals surface area contributed by atoms with Crippen LogP contribution in [-0.2, 0) is 9.47 Å². The fourth-order valence-corrected chi connectivity index (χ4v) is 2.14. The van der Waals surface area contributed by atoms with E-state index in [9.17, 15) is 4.79 Å². The van der Waals surface area contributed by atoms with Crippen molar-refractivity contribution in [3.05, 3.63) is 29.8 Å². The van der Waals surface area contributed by atoms with Crippen LogP contribution >= 0.6 is 12.0 Å². The van der Waals surface area contributed by atoms with Crippen LogP contribution in [0.4, 0.5) is 0 Å². The van der Waals surface area contributed by atoms with E-state index in [0.717, 1.165) is 6.29 Å². The molecule has 2 rings (SSSR count).